The van der Waals surface area contributed by atoms with E-state index in [0.29, 0.717) is 23.0 Å². The number of aromatic nitrogens is 1. The zero-order valence-corrected chi connectivity index (χ0v) is 17.3. The third kappa shape index (κ3) is 4.14. The van der Waals surface area contributed by atoms with Gasteiger partial charge >= 0.3 is 0 Å². The molecule has 1 amide bonds. The van der Waals surface area contributed by atoms with Gasteiger partial charge in [0, 0.05) is 11.4 Å². The molecule has 2 aromatic carbocycles. The smallest absolute Gasteiger partial charge is 0.279 e. The van der Waals surface area contributed by atoms with Crippen molar-refractivity contribution in [2.45, 2.75) is 25.3 Å². The SMILES string of the molecule is COc1ccc(Cl)cc1NC(=O)C[NH+]1CCCC[C@H]1c1nc2ccccc2s1. The lowest BCUT2D eigenvalue weighted by molar-refractivity contribution is -0.929. The number of benzene rings is 2. The molecule has 0 spiro atoms. The summed E-state index contributed by atoms with van der Waals surface area (Å²) in [5, 5.41) is 4.65. The molecule has 1 fully saturated rings. The second-order valence-electron chi connectivity index (χ2n) is 7.05. The fourth-order valence-electron chi connectivity index (χ4n) is 3.81. The summed E-state index contributed by atoms with van der Waals surface area (Å²) in [5.41, 5.74) is 1.65. The van der Waals surface area contributed by atoms with Crippen LogP contribution in [0.5, 0.6) is 5.75 Å². The van der Waals surface area contributed by atoms with E-state index in [9.17, 15) is 4.79 Å². The van der Waals surface area contributed by atoms with E-state index in [1.54, 1.807) is 36.6 Å². The molecule has 0 radical (unpaired) electrons. The summed E-state index contributed by atoms with van der Waals surface area (Å²) in [4.78, 5) is 18.9. The number of amides is 1. The van der Waals surface area contributed by atoms with E-state index in [1.165, 1.54) is 16.0 Å². The highest BCUT2D eigenvalue weighted by molar-refractivity contribution is 7.18. The van der Waals surface area contributed by atoms with E-state index >= 15 is 0 Å². The van der Waals surface area contributed by atoms with Gasteiger partial charge in [-0.1, -0.05) is 23.7 Å². The Balaban J connectivity index is 1.50. The van der Waals surface area contributed by atoms with Crippen LogP contribution in [0, 0.1) is 0 Å². The van der Waals surface area contributed by atoms with Crippen molar-refractivity contribution in [3.05, 3.63) is 52.5 Å². The minimum absolute atomic E-state index is 0.0384. The van der Waals surface area contributed by atoms with Crippen LogP contribution < -0.4 is 15.0 Å². The van der Waals surface area contributed by atoms with Crippen molar-refractivity contribution in [2.75, 3.05) is 25.5 Å². The minimum Gasteiger partial charge on any atom is -0.495 e. The molecule has 146 valence electrons. The Bertz CT molecular complexity index is 958. The maximum Gasteiger partial charge on any atom is 0.279 e. The van der Waals surface area contributed by atoms with E-state index in [0.717, 1.165) is 29.9 Å². The number of ether oxygens (including phenoxy) is 1. The van der Waals surface area contributed by atoms with Gasteiger partial charge in [-0.3, -0.25) is 4.79 Å². The number of piperidine rings is 1. The molecule has 28 heavy (non-hydrogen) atoms. The van der Waals surface area contributed by atoms with Gasteiger partial charge in [0.1, 0.15) is 11.8 Å². The molecule has 4 rings (SSSR count). The number of hydrogen-bond donors (Lipinski definition) is 2. The molecule has 2 atom stereocenters. The third-order valence-electron chi connectivity index (χ3n) is 5.17. The highest BCUT2D eigenvalue weighted by Crippen LogP contribution is 2.29. The molecule has 7 heteroatoms. The number of likely N-dealkylation sites (tertiary alicyclic amines) is 1. The first kappa shape index (κ1) is 19.2. The first-order chi connectivity index (χ1) is 13.6. The molecule has 0 aliphatic carbocycles. The average molecular weight is 417 g/mol. The van der Waals surface area contributed by atoms with Crippen LogP contribution >= 0.6 is 22.9 Å². The minimum atomic E-state index is -0.0384. The van der Waals surface area contributed by atoms with Crippen molar-refractivity contribution in [3.8, 4) is 5.75 Å². The molecule has 1 saturated heterocycles. The predicted octanol–water partition coefficient (Wildman–Crippen LogP) is 3.71. The van der Waals surface area contributed by atoms with Crippen LogP contribution in [0.15, 0.2) is 42.5 Å². The van der Waals surface area contributed by atoms with Crippen molar-refractivity contribution in [1.29, 1.82) is 0 Å². The van der Waals surface area contributed by atoms with Gasteiger partial charge in [-0.25, -0.2) is 4.98 Å². The van der Waals surface area contributed by atoms with Crippen LogP contribution in [-0.2, 0) is 4.79 Å². The van der Waals surface area contributed by atoms with Crippen LogP contribution in [0.1, 0.15) is 30.3 Å². The fourth-order valence-corrected chi connectivity index (χ4v) is 5.14. The first-order valence-corrected chi connectivity index (χ1v) is 10.7. The number of para-hydroxylation sites is 1. The number of carbonyl (C=O) groups excluding carboxylic acids is 1. The number of rotatable bonds is 5. The second kappa shape index (κ2) is 8.47. The number of quaternary nitrogens is 1. The lowest BCUT2D eigenvalue weighted by Gasteiger charge is -2.30. The predicted molar refractivity (Wildman–Crippen MR) is 114 cm³/mol. The topological polar surface area (TPSA) is 55.7 Å². The third-order valence-corrected chi connectivity index (χ3v) is 6.55. The maximum atomic E-state index is 12.8. The molecule has 1 aromatic heterocycles. The quantitative estimate of drug-likeness (QED) is 0.666. The van der Waals surface area contributed by atoms with Gasteiger partial charge in [-0.15, -0.1) is 11.3 Å². The number of methoxy groups -OCH3 is 1. The Morgan fingerprint density at radius 3 is 3.00 bits per heavy atom. The standard InChI is InChI=1S/C21H22ClN3O2S/c1-27-18-10-9-14(22)12-16(18)23-20(26)13-25-11-5-4-7-17(25)21-24-15-6-2-3-8-19(15)28-21/h2-3,6,8-10,12,17H,4-5,7,11,13H2,1H3,(H,23,26)/p+1/t17-/m0/s1. The largest absolute Gasteiger partial charge is 0.495 e. The molecule has 0 saturated carbocycles. The van der Waals surface area contributed by atoms with Crippen molar-refractivity contribution in [1.82, 2.24) is 4.98 Å². The Kier molecular flexibility index (Phi) is 5.80. The summed E-state index contributed by atoms with van der Waals surface area (Å²) < 4.78 is 6.53. The summed E-state index contributed by atoms with van der Waals surface area (Å²) in [5.74, 6) is 0.567. The second-order valence-corrected chi connectivity index (χ2v) is 8.54. The Morgan fingerprint density at radius 1 is 1.32 bits per heavy atom. The van der Waals surface area contributed by atoms with Crippen LogP contribution in [0.3, 0.4) is 0 Å². The lowest BCUT2D eigenvalue weighted by Crippen LogP contribution is -3.14. The Morgan fingerprint density at radius 2 is 2.18 bits per heavy atom. The molecule has 1 aliphatic heterocycles. The van der Waals surface area contributed by atoms with Gasteiger partial charge in [0.15, 0.2) is 11.6 Å². The lowest BCUT2D eigenvalue weighted by atomic mass is 10.0. The van der Waals surface area contributed by atoms with Gasteiger partial charge < -0.3 is 15.0 Å². The van der Waals surface area contributed by atoms with Crippen LogP contribution in [-0.4, -0.2) is 31.1 Å². The van der Waals surface area contributed by atoms with Crippen molar-refractivity contribution >= 4 is 44.7 Å². The number of halogens is 1. The normalized spacial score (nSPS) is 19.5. The van der Waals surface area contributed by atoms with Crippen LogP contribution in [0.2, 0.25) is 5.02 Å². The Labute approximate surface area is 173 Å². The number of fused-ring (bicyclic) bond motifs is 1. The molecular weight excluding hydrogens is 394 g/mol. The average Bonchev–Trinajstić information content (AvgIpc) is 3.12. The van der Waals surface area contributed by atoms with Crippen molar-refractivity contribution in [3.63, 3.8) is 0 Å². The highest BCUT2D eigenvalue weighted by Gasteiger charge is 2.32. The van der Waals surface area contributed by atoms with Crippen LogP contribution in [0.4, 0.5) is 5.69 Å². The number of thiazole rings is 1. The first-order valence-electron chi connectivity index (χ1n) is 9.47. The molecular formula is C21H23ClN3O2S+. The molecule has 5 nitrogen and oxygen atoms in total. The van der Waals surface area contributed by atoms with Crippen molar-refractivity contribution < 1.29 is 14.4 Å². The number of carbonyl (C=O) groups is 1. The molecule has 1 aliphatic rings. The maximum absolute atomic E-state index is 12.8. The van der Waals surface area contributed by atoms with Gasteiger partial charge in [0.2, 0.25) is 0 Å². The van der Waals surface area contributed by atoms with E-state index in [1.807, 2.05) is 12.1 Å². The van der Waals surface area contributed by atoms with E-state index in [-0.39, 0.29) is 11.9 Å². The summed E-state index contributed by atoms with van der Waals surface area (Å²) in [6.07, 6.45) is 3.36. The highest BCUT2D eigenvalue weighted by atomic mass is 35.5. The number of nitrogens with one attached hydrogen (secondary N) is 2. The zero-order valence-electron chi connectivity index (χ0n) is 15.7. The van der Waals surface area contributed by atoms with E-state index in [2.05, 4.69) is 17.4 Å². The fraction of sp³-hybridized carbons (Fsp3) is 0.333. The van der Waals surface area contributed by atoms with Gasteiger partial charge in [-0.2, -0.15) is 0 Å². The molecule has 0 bridgehead atoms. The van der Waals surface area contributed by atoms with E-state index in [4.69, 9.17) is 21.3 Å². The van der Waals surface area contributed by atoms with Gasteiger partial charge in [0.05, 0.1) is 29.6 Å². The summed E-state index contributed by atoms with van der Waals surface area (Å²) in [6, 6.07) is 13.7. The summed E-state index contributed by atoms with van der Waals surface area (Å²) in [7, 11) is 1.58. The zero-order chi connectivity index (χ0) is 19.5. The molecule has 2 N–H and O–H groups in total. The van der Waals surface area contributed by atoms with Crippen molar-refractivity contribution in [2.24, 2.45) is 0 Å². The van der Waals surface area contributed by atoms with Crippen LogP contribution in [0.25, 0.3) is 10.2 Å². The van der Waals surface area contributed by atoms with Gasteiger partial charge in [0.25, 0.3) is 5.91 Å². The monoisotopic (exact) mass is 416 g/mol. The molecule has 3 aromatic rings. The number of nitrogens with zero attached hydrogens (tertiary/aromatic N) is 1. The number of hydrogen-bond acceptors (Lipinski definition) is 4. The Hall–Kier alpha value is -2.15. The van der Waals surface area contributed by atoms with Gasteiger partial charge in [-0.05, 0) is 43.2 Å². The summed E-state index contributed by atoms with van der Waals surface area (Å²) in [6.45, 7) is 1.37. The number of anilines is 1. The molecule has 2 heterocycles. The molecule has 1 unspecified atom stereocenters. The van der Waals surface area contributed by atoms with E-state index < -0.39 is 0 Å². The summed E-state index contributed by atoms with van der Waals surface area (Å²) >= 11 is 7.82.